The Balaban J connectivity index is 1.91. The third-order valence-corrected chi connectivity index (χ3v) is 7.57. The van der Waals surface area contributed by atoms with Crippen molar-refractivity contribution in [1.82, 2.24) is 19.8 Å². The van der Waals surface area contributed by atoms with Gasteiger partial charge in [-0.05, 0) is 30.7 Å². The van der Waals surface area contributed by atoms with E-state index < -0.39 is 59.8 Å². The standard InChI is InChI=1S/C31H37F3N4O4/c1-19(42-20(2)40)30(41)38(16-22-13-35-14-26(22)34)28(31(3,4)18-39)29-36-27(24-12-23(32)10-11-25(24)33)17-37(29)15-21-8-6-5-7-9-21/h5-12,17,19,22,26,28,35,39H,13-16,18H2,1-4H3/t19-,22-,26-,28-/m0/s1. The van der Waals surface area contributed by atoms with Gasteiger partial charge in [0.15, 0.2) is 6.10 Å². The summed E-state index contributed by atoms with van der Waals surface area (Å²) >= 11 is 0. The molecule has 3 aromatic rings. The molecule has 1 fully saturated rings. The first-order chi connectivity index (χ1) is 19.9. The van der Waals surface area contributed by atoms with Crippen LogP contribution < -0.4 is 5.32 Å². The Morgan fingerprint density at radius 1 is 1.19 bits per heavy atom. The third-order valence-electron chi connectivity index (χ3n) is 7.57. The van der Waals surface area contributed by atoms with Crippen LogP contribution in [0.15, 0.2) is 54.7 Å². The van der Waals surface area contributed by atoms with E-state index in [2.05, 4.69) is 5.32 Å². The molecular formula is C31H37F3N4O4. The minimum atomic E-state index is -1.23. The van der Waals surface area contributed by atoms with Crippen molar-refractivity contribution in [3.63, 3.8) is 0 Å². The third kappa shape index (κ3) is 7.01. The van der Waals surface area contributed by atoms with Gasteiger partial charge >= 0.3 is 5.97 Å². The molecule has 42 heavy (non-hydrogen) atoms. The molecule has 2 heterocycles. The van der Waals surface area contributed by atoms with Crippen LogP contribution in [0, 0.1) is 23.0 Å². The van der Waals surface area contributed by atoms with E-state index in [1.807, 2.05) is 30.3 Å². The average molecular weight is 587 g/mol. The fourth-order valence-corrected chi connectivity index (χ4v) is 5.36. The van der Waals surface area contributed by atoms with E-state index >= 15 is 0 Å². The Morgan fingerprint density at radius 3 is 2.52 bits per heavy atom. The normalized spacial score (nSPS) is 18.5. The minimum Gasteiger partial charge on any atom is -0.453 e. The second-order valence-electron chi connectivity index (χ2n) is 11.4. The monoisotopic (exact) mass is 586 g/mol. The number of aromatic nitrogens is 2. The highest BCUT2D eigenvalue weighted by atomic mass is 19.1. The molecule has 2 N–H and O–H groups in total. The van der Waals surface area contributed by atoms with Crippen LogP contribution in [0.4, 0.5) is 13.2 Å². The number of alkyl halides is 1. The van der Waals surface area contributed by atoms with Crippen molar-refractivity contribution in [2.24, 2.45) is 11.3 Å². The van der Waals surface area contributed by atoms with Crippen molar-refractivity contribution < 1.29 is 32.6 Å². The van der Waals surface area contributed by atoms with Crippen molar-refractivity contribution in [3.8, 4) is 11.3 Å². The number of hydrogen-bond donors (Lipinski definition) is 2. The number of halogens is 3. The van der Waals surface area contributed by atoms with Gasteiger partial charge in [0, 0.05) is 56.2 Å². The first kappa shape index (κ1) is 31.2. The lowest BCUT2D eigenvalue weighted by atomic mass is 9.82. The molecule has 11 heteroatoms. The van der Waals surface area contributed by atoms with Crippen LogP contribution in [0.25, 0.3) is 11.3 Å². The molecule has 1 aliphatic heterocycles. The molecule has 2 aromatic carbocycles. The topological polar surface area (TPSA) is 96.7 Å². The molecule has 1 aliphatic rings. The Hall–Kier alpha value is -3.70. The van der Waals surface area contributed by atoms with E-state index in [4.69, 9.17) is 9.72 Å². The summed E-state index contributed by atoms with van der Waals surface area (Å²) < 4.78 is 51.0. The number of rotatable bonds is 11. The van der Waals surface area contributed by atoms with Crippen molar-refractivity contribution in [1.29, 1.82) is 0 Å². The smallest absolute Gasteiger partial charge is 0.303 e. The minimum absolute atomic E-state index is 0.0610. The maximum absolute atomic E-state index is 14.9. The van der Waals surface area contributed by atoms with Gasteiger partial charge in [-0.1, -0.05) is 44.2 Å². The number of nitrogens with one attached hydrogen (secondary N) is 1. The maximum atomic E-state index is 14.9. The number of imidazole rings is 1. The molecule has 0 bridgehead atoms. The maximum Gasteiger partial charge on any atom is 0.303 e. The van der Waals surface area contributed by atoms with E-state index in [1.54, 1.807) is 24.6 Å². The lowest BCUT2D eigenvalue weighted by Crippen LogP contribution is -2.51. The molecule has 0 radical (unpaired) electrons. The number of carbonyl (C=O) groups is 2. The van der Waals surface area contributed by atoms with Crippen LogP contribution in [0.5, 0.6) is 0 Å². The largest absolute Gasteiger partial charge is 0.453 e. The van der Waals surface area contributed by atoms with Crippen molar-refractivity contribution >= 4 is 11.9 Å². The number of benzene rings is 2. The van der Waals surface area contributed by atoms with Gasteiger partial charge in [0.2, 0.25) is 0 Å². The van der Waals surface area contributed by atoms with Crippen molar-refractivity contribution in [3.05, 3.63) is 77.8 Å². The molecular weight excluding hydrogens is 549 g/mol. The number of aliphatic hydroxyl groups is 1. The van der Waals surface area contributed by atoms with E-state index in [-0.39, 0.29) is 36.7 Å². The second kappa shape index (κ2) is 13.1. The van der Waals surface area contributed by atoms with Gasteiger partial charge in [-0.3, -0.25) is 9.59 Å². The first-order valence-electron chi connectivity index (χ1n) is 13.9. The predicted molar refractivity (Wildman–Crippen MR) is 151 cm³/mol. The number of hydrogen-bond acceptors (Lipinski definition) is 6. The predicted octanol–water partition coefficient (Wildman–Crippen LogP) is 4.27. The summed E-state index contributed by atoms with van der Waals surface area (Å²) in [6.07, 6.45) is -0.860. The van der Waals surface area contributed by atoms with E-state index in [9.17, 15) is 27.9 Å². The van der Waals surface area contributed by atoms with Gasteiger partial charge in [-0.25, -0.2) is 18.2 Å². The quantitative estimate of drug-likeness (QED) is 0.326. The number of esters is 1. The molecule has 1 aromatic heterocycles. The molecule has 0 spiro atoms. The average Bonchev–Trinajstić information content (AvgIpc) is 3.54. The number of carbonyl (C=O) groups excluding carboxylic acids is 2. The summed E-state index contributed by atoms with van der Waals surface area (Å²) in [7, 11) is 0. The number of nitrogens with zero attached hydrogens (tertiary/aromatic N) is 3. The van der Waals surface area contributed by atoms with Gasteiger partial charge in [0.25, 0.3) is 5.91 Å². The number of amides is 1. The highest BCUT2D eigenvalue weighted by molar-refractivity contribution is 5.83. The van der Waals surface area contributed by atoms with E-state index in [1.165, 1.54) is 18.7 Å². The first-order valence-corrected chi connectivity index (χ1v) is 13.9. The van der Waals surface area contributed by atoms with E-state index in [0.717, 1.165) is 23.8 Å². The highest BCUT2D eigenvalue weighted by Crippen LogP contribution is 2.41. The zero-order chi connectivity index (χ0) is 30.6. The highest BCUT2D eigenvalue weighted by Gasteiger charge is 2.44. The lowest BCUT2D eigenvalue weighted by Gasteiger charge is -2.42. The van der Waals surface area contributed by atoms with E-state index in [0.29, 0.717) is 6.54 Å². The molecule has 1 amide bonds. The molecule has 1 saturated heterocycles. The second-order valence-corrected chi connectivity index (χ2v) is 11.4. The number of aliphatic hydroxyl groups excluding tert-OH is 1. The molecule has 0 saturated carbocycles. The van der Waals surface area contributed by atoms with Gasteiger partial charge < -0.3 is 24.6 Å². The van der Waals surface area contributed by atoms with Gasteiger partial charge in [-0.15, -0.1) is 0 Å². The van der Waals surface area contributed by atoms with Crippen LogP contribution in [0.3, 0.4) is 0 Å². The zero-order valence-corrected chi connectivity index (χ0v) is 24.2. The summed E-state index contributed by atoms with van der Waals surface area (Å²) in [5, 5.41) is 13.6. The Bertz CT molecular complexity index is 1400. The molecule has 0 aliphatic carbocycles. The van der Waals surface area contributed by atoms with Crippen LogP contribution in [-0.2, 0) is 20.9 Å². The SMILES string of the molecule is CC(=O)O[C@@H](C)C(=O)N(C[C@@H]1CNC[C@@H]1F)[C@@H](c1nc(-c2cc(F)ccc2F)cn1Cc1ccccc1)C(C)(C)CO. The van der Waals surface area contributed by atoms with Crippen molar-refractivity contribution in [2.75, 3.05) is 26.2 Å². The molecule has 4 atom stereocenters. The van der Waals surface area contributed by atoms with Crippen LogP contribution in [-0.4, -0.2) is 70.0 Å². The number of ether oxygens (including phenoxy) is 1. The summed E-state index contributed by atoms with van der Waals surface area (Å²) in [6.45, 7) is 6.34. The molecule has 0 unspecified atom stereocenters. The van der Waals surface area contributed by atoms with Gasteiger partial charge in [0.05, 0.1) is 18.3 Å². The molecule has 8 nitrogen and oxygen atoms in total. The van der Waals surface area contributed by atoms with Gasteiger partial charge in [-0.2, -0.15) is 0 Å². The summed E-state index contributed by atoms with van der Waals surface area (Å²) in [6, 6.07) is 11.5. The lowest BCUT2D eigenvalue weighted by molar-refractivity contribution is -0.161. The fourth-order valence-electron chi connectivity index (χ4n) is 5.36. The summed E-state index contributed by atoms with van der Waals surface area (Å²) in [5.74, 6) is -2.88. The molecule has 4 rings (SSSR count). The Morgan fingerprint density at radius 2 is 1.90 bits per heavy atom. The van der Waals surface area contributed by atoms with Crippen LogP contribution in [0.2, 0.25) is 0 Å². The zero-order valence-electron chi connectivity index (χ0n) is 24.2. The Kier molecular flexibility index (Phi) is 9.73. The van der Waals surface area contributed by atoms with Crippen molar-refractivity contribution in [2.45, 2.75) is 52.6 Å². The summed E-state index contributed by atoms with van der Waals surface area (Å²) in [4.78, 5) is 31.9. The molecule has 226 valence electrons. The fraction of sp³-hybridized carbons (Fsp3) is 0.452. The summed E-state index contributed by atoms with van der Waals surface area (Å²) in [5.41, 5.74) is -0.124. The van der Waals surface area contributed by atoms with Crippen LogP contribution in [0.1, 0.15) is 45.1 Å². The van der Waals surface area contributed by atoms with Crippen LogP contribution >= 0.6 is 0 Å². The Labute approximate surface area is 243 Å². The van der Waals surface area contributed by atoms with Gasteiger partial charge in [0.1, 0.15) is 23.6 Å².